The van der Waals surface area contributed by atoms with E-state index in [9.17, 15) is 14.4 Å². The summed E-state index contributed by atoms with van der Waals surface area (Å²) in [6.07, 6.45) is 26.1. The minimum absolute atomic E-state index is 0.0819. The van der Waals surface area contributed by atoms with Crippen LogP contribution in [0.3, 0.4) is 0 Å². The van der Waals surface area contributed by atoms with E-state index in [1.165, 1.54) is 5.56 Å². The number of carbonyl (C=O) groups is 3. The third kappa shape index (κ3) is 20.6. The molecule has 0 aliphatic carbocycles. The normalized spacial score (nSPS) is 13.0. The summed E-state index contributed by atoms with van der Waals surface area (Å²) in [6.45, 7) is 8.77. The van der Waals surface area contributed by atoms with Gasteiger partial charge in [-0.05, 0) is 37.7 Å². The van der Waals surface area contributed by atoms with E-state index in [0.717, 1.165) is 43.6 Å². The van der Waals surface area contributed by atoms with Crippen molar-refractivity contribution in [2.24, 2.45) is 11.3 Å². The van der Waals surface area contributed by atoms with E-state index in [2.05, 4.69) is 78.3 Å². The number of nitrogens with one attached hydrogen (secondary N) is 2. The van der Waals surface area contributed by atoms with Gasteiger partial charge in [0, 0.05) is 42.3 Å². The second-order valence-corrected chi connectivity index (χ2v) is 12.3. The number of ether oxygens (including phenoxy) is 1. The molecule has 0 bridgehead atoms. The number of hydrogen-bond acceptors (Lipinski definition) is 5. The van der Waals surface area contributed by atoms with Gasteiger partial charge in [-0.1, -0.05) is 119 Å². The molecule has 0 fully saturated rings. The Labute approximate surface area is 270 Å². The van der Waals surface area contributed by atoms with E-state index in [4.69, 9.17) is 4.74 Å². The van der Waals surface area contributed by atoms with E-state index < -0.39 is 5.41 Å². The molecule has 2 amide bonds. The summed E-state index contributed by atoms with van der Waals surface area (Å²) >= 11 is 1.77. The maximum atomic E-state index is 12.7. The number of thioether (sulfide) groups is 1. The molecule has 2 N–H and O–H groups in total. The zero-order valence-electron chi connectivity index (χ0n) is 27.3. The molecule has 0 aliphatic heterocycles. The van der Waals surface area contributed by atoms with Gasteiger partial charge in [0.05, 0.1) is 13.0 Å². The lowest BCUT2D eigenvalue weighted by Crippen LogP contribution is -2.41. The van der Waals surface area contributed by atoms with Crippen LogP contribution in [0.5, 0.6) is 0 Å². The molecule has 1 aromatic rings. The van der Waals surface area contributed by atoms with Crippen LogP contribution in [0.4, 0.5) is 0 Å². The quantitative estimate of drug-likeness (QED) is 0.0737. The van der Waals surface area contributed by atoms with Crippen molar-refractivity contribution in [2.75, 3.05) is 25.4 Å². The van der Waals surface area contributed by atoms with Crippen LogP contribution in [0, 0.1) is 11.3 Å². The van der Waals surface area contributed by atoms with Crippen LogP contribution in [0.25, 0.3) is 0 Å². The molecule has 1 aromatic carbocycles. The Morgan fingerprint density at radius 1 is 0.818 bits per heavy atom. The molecule has 7 heteroatoms. The van der Waals surface area contributed by atoms with Crippen LogP contribution < -0.4 is 10.6 Å². The largest absolute Gasteiger partial charge is 0.465 e. The summed E-state index contributed by atoms with van der Waals surface area (Å²) in [5.74, 6) is 0.806. The fourth-order valence-electron chi connectivity index (χ4n) is 3.80. The first-order chi connectivity index (χ1) is 21.3. The highest BCUT2D eigenvalue weighted by molar-refractivity contribution is 7.98. The number of amides is 2. The van der Waals surface area contributed by atoms with Gasteiger partial charge in [0.1, 0.15) is 0 Å². The first-order valence-corrected chi connectivity index (χ1v) is 17.0. The zero-order chi connectivity index (χ0) is 32.3. The van der Waals surface area contributed by atoms with Gasteiger partial charge in [0.2, 0.25) is 11.8 Å². The Bertz CT molecular complexity index is 1090. The third-order valence-electron chi connectivity index (χ3n) is 6.94. The Morgan fingerprint density at radius 2 is 1.39 bits per heavy atom. The number of hydrogen-bond donors (Lipinski definition) is 2. The van der Waals surface area contributed by atoms with Gasteiger partial charge in [-0.3, -0.25) is 14.4 Å². The smallest absolute Gasteiger partial charge is 0.309 e. The lowest BCUT2D eigenvalue weighted by Gasteiger charge is -2.30. The van der Waals surface area contributed by atoms with E-state index >= 15 is 0 Å². The maximum absolute atomic E-state index is 12.7. The van der Waals surface area contributed by atoms with Crippen molar-refractivity contribution in [1.82, 2.24) is 10.6 Å². The van der Waals surface area contributed by atoms with Crippen LogP contribution in [0.15, 0.2) is 91.1 Å². The van der Waals surface area contributed by atoms with Gasteiger partial charge < -0.3 is 15.4 Å². The summed E-state index contributed by atoms with van der Waals surface area (Å²) in [5, 5.41) is 5.74. The predicted octanol–water partition coefficient (Wildman–Crippen LogP) is 7.89. The average molecular weight is 623 g/mol. The molecule has 0 aromatic heterocycles. The number of esters is 1. The molecule has 44 heavy (non-hydrogen) atoms. The minimum Gasteiger partial charge on any atom is -0.465 e. The Morgan fingerprint density at radius 3 is 1.98 bits per heavy atom. The maximum Gasteiger partial charge on any atom is 0.309 e. The molecule has 1 unspecified atom stereocenters. The molecule has 0 saturated carbocycles. The van der Waals surface area contributed by atoms with Crippen LogP contribution in [0.2, 0.25) is 0 Å². The van der Waals surface area contributed by atoms with E-state index in [-0.39, 0.29) is 49.7 Å². The lowest BCUT2D eigenvalue weighted by atomic mass is 9.80. The van der Waals surface area contributed by atoms with Gasteiger partial charge in [-0.15, -0.1) is 0 Å². The highest BCUT2D eigenvalue weighted by atomic mass is 32.2. The molecule has 0 spiro atoms. The SMILES string of the molecule is CC/C=C\C/C=C\C/C=C\C/C=C\C/C=C\CC(=O)OCC(C)(C)C(C)C(=O)NCCC(=O)NCCSCc1ccccc1. The summed E-state index contributed by atoms with van der Waals surface area (Å²) < 4.78 is 5.46. The topological polar surface area (TPSA) is 84.5 Å². The Hall–Kier alpha value is -3.32. The van der Waals surface area contributed by atoms with Crippen molar-refractivity contribution in [3.63, 3.8) is 0 Å². The summed E-state index contributed by atoms with van der Waals surface area (Å²) in [7, 11) is 0. The van der Waals surface area contributed by atoms with Gasteiger partial charge in [-0.2, -0.15) is 11.8 Å². The van der Waals surface area contributed by atoms with E-state index in [0.29, 0.717) is 6.54 Å². The summed E-state index contributed by atoms with van der Waals surface area (Å²) in [6, 6.07) is 10.2. The fourth-order valence-corrected chi connectivity index (χ4v) is 4.62. The molecule has 0 aliphatic rings. The van der Waals surface area contributed by atoms with Crippen LogP contribution in [-0.2, 0) is 24.9 Å². The number of rotatable bonds is 23. The number of allylic oxidation sites excluding steroid dienone is 9. The Balaban J connectivity index is 2.14. The number of benzene rings is 1. The molecule has 6 nitrogen and oxygen atoms in total. The van der Waals surface area contributed by atoms with Crippen molar-refractivity contribution in [2.45, 2.75) is 78.4 Å². The second-order valence-electron chi connectivity index (χ2n) is 11.2. The standard InChI is InChI=1S/C37H54N2O4S/c1-5-6-7-8-9-10-11-12-13-14-15-16-17-18-22-25-35(41)43-31-37(3,4)32(2)36(42)39-27-26-34(40)38-28-29-44-30-33-23-20-19-21-24-33/h6-7,9-10,12-13,15-16,18-24,32H,5,8,11,14,17,25-31H2,1-4H3,(H,38,40)(H,39,42)/b7-6-,10-9-,13-12-,16-15-,22-18-. The molecule has 0 heterocycles. The highest BCUT2D eigenvalue weighted by Gasteiger charge is 2.32. The van der Waals surface area contributed by atoms with Crippen molar-refractivity contribution < 1.29 is 19.1 Å². The van der Waals surface area contributed by atoms with Gasteiger partial charge >= 0.3 is 5.97 Å². The molecular weight excluding hydrogens is 568 g/mol. The number of carbonyl (C=O) groups excluding carboxylic acids is 3. The molecule has 242 valence electrons. The first-order valence-electron chi connectivity index (χ1n) is 15.8. The fraction of sp³-hybridized carbons (Fsp3) is 0.486. The van der Waals surface area contributed by atoms with Crippen molar-refractivity contribution in [3.05, 3.63) is 96.7 Å². The monoisotopic (exact) mass is 622 g/mol. The molecule has 1 atom stereocenters. The van der Waals surface area contributed by atoms with E-state index in [1.807, 2.05) is 51.1 Å². The Kier molecular flexibility index (Phi) is 22.0. The molecule has 0 saturated heterocycles. The molecule has 1 rings (SSSR count). The predicted molar refractivity (Wildman–Crippen MR) is 186 cm³/mol. The molecule has 0 radical (unpaired) electrons. The van der Waals surface area contributed by atoms with Crippen LogP contribution in [0.1, 0.15) is 78.2 Å². The van der Waals surface area contributed by atoms with Crippen molar-refractivity contribution in [3.8, 4) is 0 Å². The molecular formula is C37H54N2O4S. The van der Waals surface area contributed by atoms with Gasteiger partial charge in [0.15, 0.2) is 0 Å². The third-order valence-corrected chi connectivity index (χ3v) is 7.97. The second kappa shape index (κ2) is 25.1. The van der Waals surface area contributed by atoms with Gasteiger partial charge in [0.25, 0.3) is 0 Å². The highest BCUT2D eigenvalue weighted by Crippen LogP contribution is 2.27. The first kappa shape index (κ1) is 38.7. The zero-order valence-corrected chi connectivity index (χ0v) is 28.1. The summed E-state index contributed by atoms with van der Waals surface area (Å²) in [5.41, 5.74) is 0.725. The summed E-state index contributed by atoms with van der Waals surface area (Å²) in [4.78, 5) is 37.0. The lowest BCUT2D eigenvalue weighted by molar-refractivity contribution is -0.148. The van der Waals surface area contributed by atoms with Crippen LogP contribution in [-0.4, -0.2) is 43.2 Å². The average Bonchev–Trinajstić information content (AvgIpc) is 3.01. The van der Waals surface area contributed by atoms with Crippen molar-refractivity contribution >= 4 is 29.5 Å². The van der Waals surface area contributed by atoms with Crippen LogP contribution >= 0.6 is 11.8 Å². The van der Waals surface area contributed by atoms with Gasteiger partial charge in [-0.25, -0.2) is 0 Å². The minimum atomic E-state index is -0.542. The van der Waals surface area contributed by atoms with E-state index in [1.54, 1.807) is 11.8 Å². The van der Waals surface area contributed by atoms with Crippen molar-refractivity contribution in [1.29, 1.82) is 0 Å².